The molecule has 1 unspecified atom stereocenters. The largest absolute Gasteiger partial charge is 0.464 e. The van der Waals surface area contributed by atoms with E-state index in [0.29, 0.717) is 6.42 Å². The molecule has 0 spiro atoms. The average Bonchev–Trinajstić information content (AvgIpc) is 2.36. The third kappa shape index (κ3) is 3.18. The molecule has 20 heavy (non-hydrogen) atoms. The van der Waals surface area contributed by atoms with E-state index >= 15 is 0 Å². The van der Waals surface area contributed by atoms with Crippen molar-refractivity contribution in [1.29, 1.82) is 0 Å². The number of nitrogens with zero attached hydrogens (tertiary/aromatic N) is 1. The first-order chi connectivity index (χ1) is 9.13. The lowest BCUT2D eigenvalue weighted by Crippen LogP contribution is -2.58. The molecular weight excluding hydrogens is 289 g/mol. The number of carbonyl (C=O) groups is 2. The highest BCUT2D eigenvalue weighted by atomic mass is 19.4. The predicted octanol–water partition coefficient (Wildman–Crippen LogP) is 2.13. The first-order valence-electron chi connectivity index (χ1n) is 6.05. The Labute approximate surface area is 111 Å². The molecule has 1 rings (SSSR count). The monoisotopic (exact) mass is 303 g/mol. The van der Waals surface area contributed by atoms with Gasteiger partial charge in [-0.1, -0.05) is 0 Å². The second-order valence-electron chi connectivity index (χ2n) is 4.33. The Kier molecular flexibility index (Phi) is 4.93. The molecule has 1 saturated heterocycles. The molecule has 4 nitrogen and oxygen atoms in total. The van der Waals surface area contributed by atoms with Crippen LogP contribution in [0.3, 0.4) is 0 Å². The number of esters is 1. The Hall–Kier alpha value is -1.41. The summed E-state index contributed by atoms with van der Waals surface area (Å²) in [5.41, 5.74) is 0. The minimum absolute atomic E-state index is 0.0124. The van der Waals surface area contributed by atoms with E-state index in [1.54, 1.807) is 0 Å². The van der Waals surface area contributed by atoms with Gasteiger partial charge in [0.1, 0.15) is 6.04 Å². The third-order valence-corrected chi connectivity index (χ3v) is 2.95. The van der Waals surface area contributed by atoms with Crippen LogP contribution in [0.25, 0.3) is 0 Å². The number of alkyl halides is 5. The zero-order chi connectivity index (χ0) is 15.6. The van der Waals surface area contributed by atoms with Gasteiger partial charge in [0.25, 0.3) is 0 Å². The van der Waals surface area contributed by atoms with Gasteiger partial charge in [0.15, 0.2) is 0 Å². The molecule has 0 aliphatic carbocycles. The van der Waals surface area contributed by atoms with Crippen molar-refractivity contribution in [2.24, 2.45) is 0 Å². The van der Waals surface area contributed by atoms with Gasteiger partial charge in [-0.25, -0.2) is 4.79 Å². The molecule has 0 bridgehead atoms. The van der Waals surface area contributed by atoms with Crippen LogP contribution in [-0.4, -0.2) is 48.1 Å². The quantitative estimate of drug-likeness (QED) is 0.593. The van der Waals surface area contributed by atoms with Crippen molar-refractivity contribution in [3.63, 3.8) is 0 Å². The van der Waals surface area contributed by atoms with E-state index < -0.39 is 30.0 Å². The second-order valence-corrected chi connectivity index (χ2v) is 4.33. The number of carbonyl (C=O) groups excluding carboxylic acids is 2. The van der Waals surface area contributed by atoms with E-state index in [1.165, 1.54) is 6.92 Å². The second kappa shape index (κ2) is 5.92. The Morgan fingerprint density at radius 1 is 1.20 bits per heavy atom. The van der Waals surface area contributed by atoms with Gasteiger partial charge in [0.05, 0.1) is 6.61 Å². The van der Waals surface area contributed by atoms with Gasteiger partial charge in [-0.3, -0.25) is 4.79 Å². The number of hydrogen-bond acceptors (Lipinski definition) is 3. The first kappa shape index (κ1) is 16.6. The third-order valence-electron chi connectivity index (χ3n) is 2.95. The van der Waals surface area contributed by atoms with Crippen LogP contribution in [0.15, 0.2) is 0 Å². The SMILES string of the molecule is CCOC(=O)C1CCCCN1C(=O)C(F)(F)C(F)(F)F. The van der Waals surface area contributed by atoms with E-state index in [0.717, 1.165) is 0 Å². The normalized spacial score (nSPS) is 20.7. The molecule has 1 amide bonds. The molecule has 116 valence electrons. The summed E-state index contributed by atoms with van der Waals surface area (Å²) in [4.78, 5) is 23.3. The topological polar surface area (TPSA) is 46.6 Å². The highest BCUT2D eigenvalue weighted by Crippen LogP contribution is 2.38. The molecule has 0 aromatic rings. The minimum atomic E-state index is -5.99. The summed E-state index contributed by atoms with van der Waals surface area (Å²) in [6.45, 7) is 1.10. The first-order valence-corrected chi connectivity index (χ1v) is 6.05. The summed E-state index contributed by atoms with van der Waals surface area (Å²) < 4.78 is 67.3. The lowest BCUT2D eigenvalue weighted by Gasteiger charge is -2.36. The smallest absolute Gasteiger partial charge is 0.463 e. The summed E-state index contributed by atoms with van der Waals surface area (Å²) in [6, 6.07) is -1.38. The van der Waals surface area contributed by atoms with Crippen LogP contribution in [0.1, 0.15) is 26.2 Å². The molecule has 1 aliphatic heterocycles. The zero-order valence-electron chi connectivity index (χ0n) is 10.7. The summed E-state index contributed by atoms with van der Waals surface area (Å²) in [7, 11) is 0. The van der Waals surface area contributed by atoms with Crippen molar-refractivity contribution >= 4 is 11.9 Å². The minimum Gasteiger partial charge on any atom is -0.464 e. The number of rotatable bonds is 3. The summed E-state index contributed by atoms with van der Waals surface area (Å²) in [5, 5.41) is 0. The van der Waals surface area contributed by atoms with Gasteiger partial charge in [-0.15, -0.1) is 0 Å². The van der Waals surface area contributed by atoms with E-state index in [2.05, 4.69) is 4.74 Å². The van der Waals surface area contributed by atoms with Crippen LogP contribution in [0.5, 0.6) is 0 Å². The van der Waals surface area contributed by atoms with Gasteiger partial charge < -0.3 is 9.64 Å². The van der Waals surface area contributed by atoms with Crippen molar-refractivity contribution < 1.29 is 36.3 Å². The van der Waals surface area contributed by atoms with E-state index in [9.17, 15) is 31.5 Å². The van der Waals surface area contributed by atoms with Crippen molar-refractivity contribution in [2.75, 3.05) is 13.2 Å². The molecule has 0 N–H and O–H groups in total. The summed E-state index contributed by atoms with van der Waals surface area (Å²) >= 11 is 0. The molecule has 9 heteroatoms. The summed E-state index contributed by atoms with van der Waals surface area (Å²) in [5.74, 6) is -8.86. The number of ether oxygens (including phenoxy) is 1. The lowest BCUT2D eigenvalue weighted by atomic mass is 10.0. The number of hydrogen-bond donors (Lipinski definition) is 0. The molecule has 1 atom stereocenters. The number of halogens is 5. The Morgan fingerprint density at radius 2 is 1.80 bits per heavy atom. The Bertz CT molecular complexity index is 383. The van der Waals surface area contributed by atoms with Crippen molar-refractivity contribution in [1.82, 2.24) is 4.90 Å². The van der Waals surface area contributed by atoms with Gasteiger partial charge in [0, 0.05) is 6.54 Å². The van der Waals surface area contributed by atoms with Crippen molar-refractivity contribution in [3.8, 4) is 0 Å². The Morgan fingerprint density at radius 3 is 2.30 bits per heavy atom. The average molecular weight is 303 g/mol. The summed E-state index contributed by atoms with van der Waals surface area (Å²) in [6.07, 6.45) is -5.26. The molecule has 1 aliphatic rings. The number of amides is 1. The number of likely N-dealkylation sites (tertiary alicyclic amines) is 1. The maximum Gasteiger partial charge on any atom is 0.463 e. The fraction of sp³-hybridized carbons (Fsp3) is 0.818. The fourth-order valence-electron chi connectivity index (χ4n) is 1.96. The van der Waals surface area contributed by atoms with Crippen LogP contribution in [0.4, 0.5) is 22.0 Å². The molecule has 0 aromatic heterocycles. The van der Waals surface area contributed by atoms with E-state index in [1.807, 2.05) is 0 Å². The van der Waals surface area contributed by atoms with E-state index in [-0.39, 0.29) is 30.9 Å². The van der Waals surface area contributed by atoms with Crippen molar-refractivity contribution in [2.45, 2.75) is 44.3 Å². The number of piperidine rings is 1. The molecule has 1 heterocycles. The van der Waals surface area contributed by atoms with Crippen LogP contribution in [0, 0.1) is 0 Å². The highest BCUT2D eigenvalue weighted by molar-refractivity contribution is 5.89. The van der Waals surface area contributed by atoms with Gasteiger partial charge in [-0.2, -0.15) is 22.0 Å². The van der Waals surface area contributed by atoms with Crippen LogP contribution < -0.4 is 0 Å². The van der Waals surface area contributed by atoms with Gasteiger partial charge >= 0.3 is 24.0 Å². The van der Waals surface area contributed by atoms with Crippen molar-refractivity contribution in [3.05, 3.63) is 0 Å². The van der Waals surface area contributed by atoms with Gasteiger partial charge in [0.2, 0.25) is 0 Å². The standard InChI is InChI=1S/C11H14F5NO3/c1-2-20-8(18)7-5-3-4-6-17(7)9(19)10(12,13)11(14,15)16/h7H,2-6H2,1H3. The predicted molar refractivity (Wildman–Crippen MR) is 57.0 cm³/mol. The lowest BCUT2D eigenvalue weighted by molar-refractivity contribution is -0.275. The van der Waals surface area contributed by atoms with Crippen LogP contribution in [0.2, 0.25) is 0 Å². The highest BCUT2D eigenvalue weighted by Gasteiger charge is 2.65. The van der Waals surface area contributed by atoms with Gasteiger partial charge in [-0.05, 0) is 26.2 Å². The maximum absolute atomic E-state index is 13.1. The molecule has 0 aromatic carbocycles. The molecule has 1 fully saturated rings. The molecular formula is C11H14F5NO3. The van der Waals surface area contributed by atoms with E-state index in [4.69, 9.17) is 0 Å². The fourth-order valence-corrected chi connectivity index (χ4v) is 1.96. The van der Waals surface area contributed by atoms with Crippen LogP contribution in [-0.2, 0) is 14.3 Å². The maximum atomic E-state index is 13.1. The molecule has 0 radical (unpaired) electrons. The van der Waals surface area contributed by atoms with Crippen LogP contribution >= 0.6 is 0 Å². The zero-order valence-corrected chi connectivity index (χ0v) is 10.7. The molecule has 0 saturated carbocycles. The Balaban J connectivity index is 2.96.